The second-order valence-electron chi connectivity index (χ2n) is 13.3. The summed E-state index contributed by atoms with van der Waals surface area (Å²) in [6.45, 7) is 20.5. The summed E-state index contributed by atoms with van der Waals surface area (Å²) in [5, 5.41) is 0. The topological polar surface area (TPSA) is 0 Å². The van der Waals surface area contributed by atoms with Crippen molar-refractivity contribution in [3.05, 3.63) is 0 Å². The van der Waals surface area contributed by atoms with E-state index in [0.29, 0.717) is 5.92 Å². The van der Waals surface area contributed by atoms with Gasteiger partial charge in [-0.3, -0.25) is 0 Å². The summed E-state index contributed by atoms with van der Waals surface area (Å²) in [4.78, 5) is 0. The minimum atomic E-state index is -0.585. The van der Waals surface area contributed by atoms with Crippen LogP contribution in [0.25, 0.3) is 0 Å². The molecule has 3 aliphatic rings. The summed E-state index contributed by atoms with van der Waals surface area (Å²) in [7, 11) is 0. The van der Waals surface area contributed by atoms with E-state index in [-0.39, 0.29) is 0 Å². The van der Waals surface area contributed by atoms with Gasteiger partial charge in [0.05, 0.1) is 0 Å². The van der Waals surface area contributed by atoms with Crippen LogP contribution in [0, 0.1) is 53.3 Å². The van der Waals surface area contributed by atoms with Crippen LogP contribution in [0.5, 0.6) is 0 Å². The lowest BCUT2D eigenvalue weighted by molar-refractivity contribution is 0.150. The lowest BCUT2D eigenvalue weighted by Gasteiger charge is -2.31. The Bertz CT molecular complexity index is 425. The van der Waals surface area contributed by atoms with E-state index in [1.165, 1.54) is 70.6 Å². The second-order valence-corrected chi connectivity index (χ2v) is 13.3. The fraction of sp³-hybridized carbons (Fsp3) is 1.00. The predicted molar refractivity (Wildman–Crippen MR) is 147 cm³/mol. The van der Waals surface area contributed by atoms with Crippen molar-refractivity contribution in [3.8, 4) is 0 Å². The first-order chi connectivity index (χ1) is 15.5. The first kappa shape index (κ1) is 31.0. The van der Waals surface area contributed by atoms with Crippen molar-refractivity contribution in [1.82, 2.24) is 0 Å². The summed E-state index contributed by atoms with van der Waals surface area (Å²) in [6.07, 6.45) is 17.5. The Balaban J connectivity index is 0.000000249. The van der Waals surface area contributed by atoms with Gasteiger partial charge in [-0.05, 0) is 112 Å². The molecule has 0 aromatic heterocycles. The van der Waals surface area contributed by atoms with Gasteiger partial charge in [0, 0.05) is 0 Å². The fourth-order valence-electron chi connectivity index (χ4n) is 6.49. The smallest absolute Gasteiger partial charge is 0.100 e. The molecule has 0 bridgehead atoms. The first-order valence-electron chi connectivity index (χ1n) is 15.2. The molecule has 0 N–H and O–H groups in total. The van der Waals surface area contributed by atoms with Crippen LogP contribution in [0.4, 0.5) is 4.39 Å². The van der Waals surface area contributed by atoms with E-state index < -0.39 is 6.17 Å². The Morgan fingerprint density at radius 1 is 0.515 bits per heavy atom. The van der Waals surface area contributed by atoms with Crippen LogP contribution in [0.15, 0.2) is 0 Å². The highest BCUT2D eigenvalue weighted by molar-refractivity contribution is 4.77. The van der Waals surface area contributed by atoms with Gasteiger partial charge in [-0.15, -0.1) is 0 Å². The van der Waals surface area contributed by atoms with Crippen LogP contribution >= 0.6 is 0 Å². The van der Waals surface area contributed by atoms with Crippen molar-refractivity contribution in [2.45, 2.75) is 152 Å². The standard InChI is InChI=1S/C11H21F.C11H22.C10H20/c1-8(2)10-4-6-11(7-5-10)9(3)12;1-4-10-5-7-11(8-6-10)9(2)3;1-8(2)10-6-4-9(3)5-7-10/h8-11H,4-7H2,1-3H3;9-11H,4-8H2,1-3H3;8-10H,4-7H2,1-3H3. The molecule has 0 aliphatic heterocycles. The Labute approximate surface area is 209 Å². The number of rotatable bonds is 5. The number of hydrogen-bond donors (Lipinski definition) is 0. The van der Waals surface area contributed by atoms with E-state index in [2.05, 4.69) is 55.4 Å². The third-order valence-corrected chi connectivity index (χ3v) is 9.82. The maximum Gasteiger partial charge on any atom is 0.100 e. The van der Waals surface area contributed by atoms with Gasteiger partial charge in [-0.2, -0.15) is 0 Å². The second kappa shape index (κ2) is 16.6. The van der Waals surface area contributed by atoms with Gasteiger partial charge in [0.1, 0.15) is 6.17 Å². The Kier molecular flexibility index (Phi) is 15.5. The number of halogens is 1. The maximum atomic E-state index is 12.9. The van der Waals surface area contributed by atoms with Gasteiger partial charge < -0.3 is 0 Å². The minimum absolute atomic E-state index is 0.361. The summed E-state index contributed by atoms with van der Waals surface area (Å²) in [5.74, 6) is 8.01. The van der Waals surface area contributed by atoms with E-state index in [4.69, 9.17) is 0 Å². The third kappa shape index (κ3) is 12.5. The molecule has 1 heteroatoms. The van der Waals surface area contributed by atoms with Crippen LogP contribution < -0.4 is 0 Å². The average Bonchev–Trinajstić information content (AvgIpc) is 2.80. The SMILES string of the molecule is CC(C)C1CCC(C(C)F)CC1.CC1CCC(C(C)C)CC1.CCC1CCC(C(C)C)CC1. The molecule has 1 unspecified atom stereocenters. The molecule has 0 radical (unpaired) electrons. The van der Waals surface area contributed by atoms with Gasteiger partial charge in [0.25, 0.3) is 0 Å². The Morgan fingerprint density at radius 3 is 1.12 bits per heavy atom. The van der Waals surface area contributed by atoms with Gasteiger partial charge in [-0.1, -0.05) is 87.5 Å². The molecule has 0 spiro atoms. The van der Waals surface area contributed by atoms with Gasteiger partial charge >= 0.3 is 0 Å². The molecule has 0 aromatic rings. The molecule has 33 heavy (non-hydrogen) atoms. The lowest BCUT2D eigenvalue weighted by atomic mass is 9.76. The van der Waals surface area contributed by atoms with Gasteiger partial charge in [-0.25, -0.2) is 4.39 Å². The zero-order valence-electron chi connectivity index (χ0n) is 24.3. The first-order valence-corrected chi connectivity index (χ1v) is 15.2. The predicted octanol–water partition coefficient (Wildman–Crippen LogP) is 11.1. The highest BCUT2D eigenvalue weighted by Crippen LogP contribution is 2.36. The van der Waals surface area contributed by atoms with Crippen molar-refractivity contribution < 1.29 is 4.39 Å². The molecule has 0 aromatic carbocycles. The van der Waals surface area contributed by atoms with Crippen molar-refractivity contribution in [2.24, 2.45) is 53.3 Å². The zero-order chi connectivity index (χ0) is 25.0. The molecule has 1 atom stereocenters. The molecule has 3 rings (SSSR count). The average molecular weight is 467 g/mol. The summed E-state index contributed by atoms with van der Waals surface area (Å²) >= 11 is 0. The van der Waals surface area contributed by atoms with Crippen LogP contribution in [0.3, 0.4) is 0 Å². The van der Waals surface area contributed by atoms with Gasteiger partial charge in [0.15, 0.2) is 0 Å². The summed E-state index contributed by atoms with van der Waals surface area (Å²) < 4.78 is 12.9. The molecule has 0 nitrogen and oxygen atoms in total. The molecular weight excluding hydrogens is 403 g/mol. The van der Waals surface area contributed by atoms with E-state index in [9.17, 15) is 4.39 Å². The zero-order valence-corrected chi connectivity index (χ0v) is 24.3. The van der Waals surface area contributed by atoms with E-state index in [1.807, 2.05) is 0 Å². The van der Waals surface area contributed by atoms with Crippen molar-refractivity contribution in [2.75, 3.05) is 0 Å². The van der Waals surface area contributed by atoms with Gasteiger partial charge in [0.2, 0.25) is 0 Å². The lowest BCUT2D eigenvalue weighted by Crippen LogP contribution is -2.23. The van der Waals surface area contributed by atoms with E-state index in [0.717, 1.165) is 60.2 Å². The van der Waals surface area contributed by atoms with Crippen molar-refractivity contribution in [3.63, 3.8) is 0 Å². The molecule has 3 aliphatic carbocycles. The number of alkyl halides is 1. The highest BCUT2D eigenvalue weighted by Gasteiger charge is 2.26. The van der Waals surface area contributed by atoms with Crippen LogP contribution in [-0.2, 0) is 0 Å². The summed E-state index contributed by atoms with van der Waals surface area (Å²) in [5.41, 5.74) is 0. The Hall–Kier alpha value is -0.0700. The van der Waals surface area contributed by atoms with E-state index >= 15 is 0 Å². The third-order valence-electron chi connectivity index (χ3n) is 9.82. The molecule has 0 saturated heterocycles. The van der Waals surface area contributed by atoms with Crippen LogP contribution in [0.1, 0.15) is 146 Å². The fourth-order valence-corrected chi connectivity index (χ4v) is 6.49. The molecule has 3 fully saturated rings. The minimum Gasteiger partial charge on any atom is -0.247 e. The maximum absolute atomic E-state index is 12.9. The molecular formula is C32H63F. The Morgan fingerprint density at radius 2 is 0.818 bits per heavy atom. The molecule has 198 valence electrons. The van der Waals surface area contributed by atoms with E-state index in [1.54, 1.807) is 6.92 Å². The number of hydrogen-bond acceptors (Lipinski definition) is 0. The summed E-state index contributed by atoms with van der Waals surface area (Å²) in [6, 6.07) is 0. The molecule has 0 heterocycles. The van der Waals surface area contributed by atoms with Crippen LogP contribution in [0.2, 0.25) is 0 Å². The molecule has 0 amide bonds. The largest absolute Gasteiger partial charge is 0.247 e. The highest BCUT2D eigenvalue weighted by atomic mass is 19.1. The molecule has 3 saturated carbocycles. The monoisotopic (exact) mass is 466 g/mol. The van der Waals surface area contributed by atoms with Crippen molar-refractivity contribution in [1.29, 1.82) is 0 Å². The normalized spacial score (nSPS) is 33.7. The van der Waals surface area contributed by atoms with Crippen molar-refractivity contribution >= 4 is 0 Å². The van der Waals surface area contributed by atoms with Crippen LogP contribution in [-0.4, -0.2) is 6.17 Å². The quantitative estimate of drug-likeness (QED) is 0.378.